The van der Waals surface area contributed by atoms with Crippen LogP contribution in [0.25, 0.3) is 5.65 Å². The van der Waals surface area contributed by atoms with Crippen LogP contribution >= 0.6 is 0 Å². The molecule has 2 aromatic carbocycles. The molecule has 0 fully saturated rings. The van der Waals surface area contributed by atoms with E-state index in [0.29, 0.717) is 18.5 Å². The van der Waals surface area contributed by atoms with Crippen LogP contribution in [-0.4, -0.2) is 30.3 Å². The van der Waals surface area contributed by atoms with Gasteiger partial charge in [-0.1, -0.05) is 12.1 Å². The van der Waals surface area contributed by atoms with Crippen molar-refractivity contribution in [3.05, 3.63) is 95.7 Å². The fourth-order valence-corrected chi connectivity index (χ4v) is 4.34. The maximum atomic E-state index is 13.1. The Kier molecular flexibility index (Phi) is 5.91. The predicted molar refractivity (Wildman–Crippen MR) is 120 cm³/mol. The van der Waals surface area contributed by atoms with Crippen LogP contribution in [0.5, 0.6) is 0 Å². The van der Waals surface area contributed by atoms with Crippen LogP contribution < -0.4 is 10.0 Å². The Morgan fingerprint density at radius 1 is 1.09 bits per heavy atom. The van der Waals surface area contributed by atoms with Gasteiger partial charge in [0.2, 0.25) is 0 Å². The Balaban J connectivity index is 1.45. The summed E-state index contributed by atoms with van der Waals surface area (Å²) in [6.45, 7) is 2.09. The van der Waals surface area contributed by atoms with Crippen molar-refractivity contribution in [1.29, 1.82) is 0 Å². The minimum Gasteiger partial charge on any atom is -0.352 e. The van der Waals surface area contributed by atoms with E-state index in [2.05, 4.69) is 15.0 Å². The van der Waals surface area contributed by atoms with Gasteiger partial charge in [-0.05, 0) is 61.0 Å². The normalized spacial score (nSPS) is 11.4. The van der Waals surface area contributed by atoms with E-state index in [-0.39, 0.29) is 22.1 Å². The molecule has 0 aliphatic carbocycles. The molecule has 0 aliphatic heterocycles. The summed E-state index contributed by atoms with van der Waals surface area (Å²) in [4.78, 5) is 17.1. The lowest BCUT2D eigenvalue weighted by Gasteiger charge is -2.12. The molecule has 1 amide bonds. The van der Waals surface area contributed by atoms with Gasteiger partial charge in [0.25, 0.3) is 15.9 Å². The quantitative estimate of drug-likeness (QED) is 0.449. The standard InChI is InChI=1S/C23H21FN4O3S/c1-16-5-10-20(32(30,31)27-18-8-6-17(24)7-9-18)14-21(16)23(29)25-12-11-19-15-28-13-3-2-4-22(28)26-19/h2-10,13-15,27H,11-12H2,1H3,(H,25,29). The number of halogens is 1. The van der Waals surface area contributed by atoms with Gasteiger partial charge in [0, 0.05) is 36.6 Å². The molecule has 2 N–H and O–H groups in total. The van der Waals surface area contributed by atoms with E-state index in [0.717, 1.165) is 23.5 Å². The Morgan fingerprint density at radius 3 is 2.62 bits per heavy atom. The number of sulfonamides is 1. The number of imidazole rings is 1. The zero-order chi connectivity index (χ0) is 22.7. The minimum atomic E-state index is -3.94. The average Bonchev–Trinajstić information content (AvgIpc) is 3.18. The molecule has 7 nitrogen and oxygen atoms in total. The van der Waals surface area contributed by atoms with Crippen LogP contribution in [0.2, 0.25) is 0 Å². The van der Waals surface area contributed by atoms with E-state index in [1.54, 1.807) is 13.0 Å². The molecule has 0 saturated carbocycles. The van der Waals surface area contributed by atoms with E-state index in [1.165, 1.54) is 24.3 Å². The van der Waals surface area contributed by atoms with Gasteiger partial charge in [0.15, 0.2) is 0 Å². The number of carbonyl (C=O) groups excluding carboxylic acids is 1. The average molecular weight is 453 g/mol. The number of amides is 1. The number of nitrogens with one attached hydrogen (secondary N) is 2. The largest absolute Gasteiger partial charge is 0.352 e. The predicted octanol–water partition coefficient (Wildman–Crippen LogP) is 3.56. The van der Waals surface area contributed by atoms with E-state index in [4.69, 9.17) is 0 Å². The Labute approximate surface area is 185 Å². The molecule has 0 aliphatic rings. The van der Waals surface area contributed by atoms with E-state index in [9.17, 15) is 17.6 Å². The highest BCUT2D eigenvalue weighted by atomic mass is 32.2. The number of benzene rings is 2. The van der Waals surface area contributed by atoms with Crippen molar-refractivity contribution in [1.82, 2.24) is 14.7 Å². The highest BCUT2D eigenvalue weighted by Crippen LogP contribution is 2.20. The zero-order valence-electron chi connectivity index (χ0n) is 17.2. The van der Waals surface area contributed by atoms with Gasteiger partial charge in [-0.2, -0.15) is 0 Å². The van der Waals surface area contributed by atoms with E-state index < -0.39 is 15.8 Å². The third kappa shape index (κ3) is 4.78. The summed E-state index contributed by atoms with van der Waals surface area (Å²) < 4.78 is 42.8. The van der Waals surface area contributed by atoms with Crippen LogP contribution in [0.4, 0.5) is 10.1 Å². The molecule has 0 saturated heterocycles. The number of hydrogen-bond donors (Lipinski definition) is 2. The third-order valence-corrected chi connectivity index (χ3v) is 6.32. The number of hydrogen-bond acceptors (Lipinski definition) is 4. The van der Waals surface area contributed by atoms with Gasteiger partial charge in [0.05, 0.1) is 10.6 Å². The molecule has 4 rings (SSSR count). The van der Waals surface area contributed by atoms with Gasteiger partial charge in [-0.15, -0.1) is 0 Å². The fraction of sp³-hybridized carbons (Fsp3) is 0.130. The van der Waals surface area contributed by atoms with E-state index in [1.807, 2.05) is 35.0 Å². The molecular formula is C23H21FN4O3S. The molecule has 0 radical (unpaired) electrons. The smallest absolute Gasteiger partial charge is 0.261 e. The minimum absolute atomic E-state index is 0.0575. The Morgan fingerprint density at radius 2 is 1.88 bits per heavy atom. The second-order valence-electron chi connectivity index (χ2n) is 7.29. The van der Waals surface area contributed by atoms with Gasteiger partial charge in [-0.25, -0.2) is 17.8 Å². The van der Waals surface area contributed by atoms with Crippen molar-refractivity contribution in [3.8, 4) is 0 Å². The van der Waals surface area contributed by atoms with Crippen molar-refractivity contribution >= 4 is 27.3 Å². The summed E-state index contributed by atoms with van der Waals surface area (Å²) in [7, 11) is -3.94. The van der Waals surface area contributed by atoms with Crippen molar-refractivity contribution in [2.45, 2.75) is 18.2 Å². The fourth-order valence-electron chi connectivity index (χ4n) is 3.25. The first-order valence-electron chi connectivity index (χ1n) is 9.92. The van der Waals surface area contributed by atoms with Crippen LogP contribution in [0, 0.1) is 12.7 Å². The molecule has 2 heterocycles. The molecule has 0 unspecified atom stereocenters. The number of aryl methyl sites for hydroxylation is 1. The summed E-state index contributed by atoms with van der Waals surface area (Å²) in [5.74, 6) is -0.837. The SMILES string of the molecule is Cc1ccc(S(=O)(=O)Nc2ccc(F)cc2)cc1C(=O)NCCc1cn2ccccc2n1. The monoisotopic (exact) mass is 452 g/mol. The maximum absolute atomic E-state index is 13.1. The number of fused-ring (bicyclic) bond motifs is 1. The topological polar surface area (TPSA) is 92.6 Å². The molecule has 4 aromatic rings. The van der Waals surface area contributed by atoms with Gasteiger partial charge < -0.3 is 9.72 Å². The first-order chi connectivity index (χ1) is 15.3. The number of aromatic nitrogens is 2. The number of pyridine rings is 1. The molecule has 0 bridgehead atoms. The number of rotatable bonds is 7. The van der Waals surface area contributed by atoms with Crippen LogP contribution in [0.15, 0.2) is 78.0 Å². The number of carbonyl (C=O) groups is 1. The lowest BCUT2D eigenvalue weighted by molar-refractivity contribution is 0.0953. The summed E-state index contributed by atoms with van der Waals surface area (Å²) in [5.41, 5.74) is 2.81. The summed E-state index contributed by atoms with van der Waals surface area (Å²) in [5, 5.41) is 2.82. The second kappa shape index (κ2) is 8.80. The molecule has 0 atom stereocenters. The maximum Gasteiger partial charge on any atom is 0.261 e. The van der Waals surface area contributed by atoms with Gasteiger partial charge in [0.1, 0.15) is 11.5 Å². The van der Waals surface area contributed by atoms with Crippen molar-refractivity contribution in [2.75, 3.05) is 11.3 Å². The highest BCUT2D eigenvalue weighted by molar-refractivity contribution is 7.92. The van der Waals surface area contributed by atoms with Crippen molar-refractivity contribution in [3.63, 3.8) is 0 Å². The second-order valence-corrected chi connectivity index (χ2v) is 8.98. The number of anilines is 1. The van der Waals surface area contributed by atoms with Crippen LogP contribution in [0.1, 0.15) is 21.6 Å². The van der Waals surface area contributed by atoms with Crippen LogP contribution in [0.3, 0.4) is 0 Å². The highest BCUT2D eigenvalue weighted by Gasteiger charge is 2.18. The van der Waals surface area contributed by atoms with Gasteiger partial charge in [-0.3, -0.25) is 9.52 Å². The Bertz CT molecular complexity index is 1350. The third-order valence-electron chi connectivity index (χ3n) is 4.94. The molecule has 0 spiro atoms. The Hall–Kier alpha value is -3.72. The van der Waals surface area contributed by atoms with E-state index >= 15 is 0 Å². The lowest BCUT2D eigenvalue weighted by atomic mass is 10.1. The molecule has 2 aromatic heterocycles. The molecule has 32 heavy (non-hydrogen) atoms. The molecular weight excluding hydrogens is 431 g/mol. The summed E-state index contributed by atoms with van der Waals surface area (Å²) in [6.07, 6.45) is 4.34. The summed E-state index contributed by atoms with van der Waals surface area (Å²) >= 11 is 0. The van der Waals surface area contributed by atoms with Crippen molar-refractivity contribution < 1.29 is 17.6 Å². The first-order valence-corrected chi connectivity index (χ1v) is 11.4. The summed E-state index contributed by atoms with van der Waals surface area (Å²) in [6, 6.07) is 15.0. The van der Waals surface area contributed by atoms with Crippen LogP contribution in [-0.2, 0) is 16.4 Å². The number of nitrogens with zero attached hydrogens (tertiary/aromatic N) is 2. The van der Waals surface area contributed by atoms with Crippen molar-refractivity contribution in [2.24, 2.45) is 0 Å². The molecule has 9 heteroatoms. The first kappa shape index (κ1) is 21.5. The lowest BCUT2D eigenvalue weighted by Crippen LogP contribution is -2.27. The zero-order valence-corrected chi connectivity index (χ0v) is 18.1. The van der Waals surface area contributed by atoms with Gasteiger partial charge >= 0.3 is 0 Å². The molecule has 164 valence electrons.